The topological polar surface area (TPSA) is 30.9 Å². The fourth-order valence-corrected chi connectivity index (χ4v) is 2.81. The molecule has 2 rings (SSSR count). The zero-order valence-corrected chi connectivity index (χ0v) is 11.2. The normalized spacial score (nSPS) is 11.2. The largest absolute Gasteiger partial charge is 0.346 e. The van der Waals surface area contributed by atoms with E-state index in [1.165, 1.54) is 28.0 Å². The number of fused-ring (bicyclic) bond motifs is 1. The molecule has 0 unspecified atom stereocenters. The smallest absolute Gasteiger partial charge is 0.0513 e. The number of thioether (sulfide) groups is 1. The van der Waals surface area contributed by atoms with Gasteiger partial charge in [0, 0.05) is 18.5 Å². The predicted octanol–water partition coefficient (Wildman–Crippen LogP) is 2.90. The highest BCUT2D eigenvalue weighted by atomic mass is 32.2. The van der Waals surface area contributed by atoms with Gasteiger partial charge in [-0.2, -0.15) is 11.8 Å². The lowest BCUT2D eigenvalue weighted by molar-refractivity contribution is 0.800. The summed E-state index contributed by atoms with van der Waals surface area (Å²) in [5, 5.41) is 1.33. The molecule has 0 saturated carbocycles. The van der Waals surface area contributed by atoms with Crippen LogP contribution in [0.25, 0.3) is 10.9 Å². The lowest BCUT2D eigenvalue weighted by atomic mass is 10.1. The Morgan fingerprint density at radius 1 is 1.29 bits per heavy atom. The van der Waals surface area contributed by atoms with E-state index in [0.717, 1.165) is 13.0 Å². The molecule has 0 amide bonds. The van der Waals surface area contributed by atoms with Gasteiger partial charge >= 0.3 is 0 Å². The third kappa shape index (κ3) is 2.85. The Morgan fingerprint density at radius 2 is 2.18 bits per heavy atom. The van der Waals surface area contributed by atoms with Gasteiger partial charge in [0.25, 0.3) is 0 Å². The zero-order chi connectivity index (χ0) is 12.1. The van der Waals surface area contributed by atoms with Gasteiger partial charge in [0.15, 0.2) is 0 Å². The van der Waals surface area contributed by atoms with Gasteiger partial charge in [-0.25, -0.2) is 0 Å². The van der Waals surface area contributed by atoms with Gasteiger partial charge in [-0.3, -0.25) is 0 Å². The third-order valence-electron chi connectivity index (χ3n) is 2.97. The molecule has 0 aliphatic carbocycles. The second-order valence-electron chi connectivity index (χ2n) is 4.10. The zero-order valence-electron chi connectivity index (χ0n) is 10.4. The van der Waals surface area contributed by atoms with Crippen molar-refractivity contribution >= 4 is 22.7 Å². The minimum absolute atomic E-state index is 0.716. The average Bonchev–Trinajstić information content (AvgIpc) is 2.75. The number of aromatic nitrogens is 1. The van der Waals surface area contributed by atoms with Crippen LogP contribution in [0.15, 0.2) is 30.5 Å². The Bertz CT molecular complexity index is 476. The van der Waals surface area contributed by atoms with Gasteiger partial charge in [-0.15, -0.1) is 0 Å². The Morgan fingerprint density at radius 3 is 2.94 bits per heavy atom. The predicted molar refractivity (Wildman–Crippen MR) is 77.7 cm³/mol. The highest BCUT2D eigenvalue weighted by Crippen LogP contribution is 2.21. The number of nitrogens with two attached hydrogens (primary N) is 1. The number of para-hydroxylation sites is 1. The molecule has 0 atom stereocenters. The van der Waals surface area contributed by atoms with Crippen LogP contribution in [0.5, 0.6) is 0 Å². The maximum Gasteiger partial charge on any atom is 0.0513 e. The van der Waals surface area contributed by atoms with Crippen LogP contribution in [0.3, 0.4) is 0 Å². The number of hydrogen-bond donors (Lipinski definition) is 1. The maximum absolute atomic E-state index is 5.68. The first kappa shape index (κ1) is 12.5. The molecular formula is C14H20N2S. The second kappa shape index (κ2) is 6.12. The van der Waals surface area contributed by atoms with Crippen LogP contribution in [0.1, 0.15) is 12.5 Å². The molecule has 1 heterocycles. The Kier molecular flexibility index (Phi) is 4.51. The summed E-state index contributed by atoms with van der Waals surface area (Å²) in [4.78, 5) is 0. The molecule has 0 saturated heterocycles. The molecule has 3 heteroatoms. The van der Waals surface area contributed by atoms with E-state index in [1.54, 1.807) is 0 Å². The van der Waals surface area contributed by atoms with E-state index in [4.69, 9.17) is 5.73 Å². The van der Waals surface area contributed by atoms with Crippen molar-refractivity contribution in [2.75, 3.05) is 18.1 Å². The molecule has 0 radical (unpaired) electrons. The van der Waals surface area contributed by atoms with Gasteiger partial charge in [0.1, 0.15) is 0 Å². The summed E-state index contributed by atoms with van der Waals surface area (Å²) < 4.78 is 2.36. The molecule has 2 N–H and O–H groups in total. The van der Waals surface area contributed by atoms with Crippen molar-refractivity contribution in [2.45, 2.75) is 19.9 Å². The van der Waals surface area contributed by atoms with Crippen molar-refractivity contribution in [3.63, 3.8) is 0 Å². The Balaban J connectivity index is 2.28. The monoisotopic (exact) mass is 248 g/mol. The Hall–Kier alpha value is -0.930. The van der Waals surface area contributed by atoms with E-state index in [9.17, 15) is 0 Å². The van der Waals surface area contributed by atoms with Crippen LogP contribution in [0, 0.1) is 0 Å². The first-order valence-electron chi connectivity index (χ1n) is 6.21. The van der Waals surface area contributed by atoms with Crippen LogP contribution >= 0.6 is 11.8 Å². The quantitative estimate of drug-likeness (QED) is 0.797. The van der Waals surface area contributed by atoms with Crippen LogP contribution in [-0.4, -0.2) is 22.6 Å². The van der Waals surface area contributed by atoms with E-state index >= 15 is 0 Å². The van der Waals surface area contributed by atoms with Crippen LogP contribution in [-0.2, 0) is 13.0 Å². The number of nitrogens with zero attached hydrogens (tertiary/aromatic N) is 1. The molecule has 0 spiro atoms. The average molecular weight is 248 g/mol. The van der Waals surface area contributed by atoms with Crippen molar-refractivity contribution in [3.05, 3.63) is 36.0 Å². The number of benzene rings is 1. The lowest BCUT2D eigenvalue weighted by Crippen LogP contribution is -2.06. The lowest BCUT2D eigenvalue weighted by Gasteiger charge is -2.09. The highest BCUT2D eigenvalue weighted by molar-refractivity contribution is 7.99. The molecule has 17 heavy (non-hydrogen) atoms. The minimum atomic E-state index is 0.716. The molecular weight excluding hydrogens is 228 g/mol. The molecule has 0 aliphatic rings. The molecule has 2 nitrogen and oxygen atoms in total. The maximum atomic E-state index is 5.68. The molecule has 92 valence electrons. The molecule has 0 aliphatic heterocycles. The van der Waals surface area contributed by atoms with Crippen LogP contribution < -0.4 is 5.73 Å². The minimum Gasteiger partial charge on any atom is -0.346 e. The summed E-state index contributed by atoms with van der Waals surface area (Å²) in [5.74, 6) is 2.37. The van der Waals surface area contributed by atoms with E-state index in [2.05, 4.69) is 42.0 Å². The van der Waals surface area contributed by atoms with Crippen LogP contribution in [0.2, 0.25) is 0 Å². The molecule has 0 bridgehead atoms. The second-order valence-corrected chi connectivity index (χ2v) is 5.49. The summed E-state index contributed by atoms with van der Waals surface area (Å²) in [6, 6.07) is 8.70. The Labute approximate surface area is 107 Å². The number of aryl methyl sites for hydroxylation is 1. The van der Waals surface area contributed by atoms with Gasteiger partial charge < -0.3 is 10.3 Å². The molecule has 1 aromatic carbocycles. The van der Waals surface area contributed by atoms with Gasteiger partial charge in [0.2, 0.25) is 0 Å². The van der Waals surface area contributed by atoms with Crippen LogP contribution in [0.4, 0.5) is 0 Å². The summed E-state index contributed by atoms with van der Waals surface area (Å²) in [5.41, 5.74) is 8.42. The highest BCUT2D eigenvalue weighted by Gasteiger charge is 2.05. The standard InChI is InChI=1S/C14H20N2S/c1-2-17-11-10-16-9-7-13-5-3-4-12(6-8-15)14(13)16/h3-5,7,9H,2,6,8,10-11,15H2,1H3. The summed E-state index contributed by atoms with van der Waals surface area (Å²) in [6.45, 7) is 4.01. The van der Waals surface area contributed by atoms with Crippen molar-refractivity contribution in [3.8, 4) is 0 Å². The van der Waals surface area contributed by atoms with Crippen molar-refractivity contribution in [1.82, 2.24) is 4.57 Å². The summed E-state index contributed by atoms with van der Waals surface area (Å²) in [6.07, 6.45) is 3.16. The molecule has 2 aromatic rings. The van der Waals surface area contributed by atoms with Gasteiger partial charge in [0.05, 0.1) is 5.52 Å². The van der Waals surface area contributed by atoms with Gasteiger partial charge in [-0.05, 0) is 35.7 Å². The number of rotatable bonds is 6. The summed E-state index contributed by atoms with van der Waals surface area (Å²) in [7, 11) is 0. The fraction of sp³-hybridized carbons (Fsp3) is 0.429. The SMILES string of the molecule is CCSCCn1ccc2cccc(CCN)c21. The van der Waals surface area contributed by atoms with E-state index in [0.29, 0.717) is 6.54 Å². The van der Waals surface area contributed by atoms with Crippen molar-refractivity contribution in [2.24, 2.45) is 5.73 Å². The summed E-state index contributed by atoms with van der Waals surface area (Å²) >= 11 is 1.99. The van der Waals surface area contributed by atoms with E-state index in [1.807, 2.05) is 11.8 Å². The third-order valence-corrected chi connectivity index (χ3v) is 3.85. The fourth-order valence-electron chi connectivity index (χ4n) is 2.19. The van der Waals surface area contributed by atoms with E-state index < -0.39 is 0 Å². The first-order valence-corrected chi connectivity index (χ1v) is 7.37. The van der Waals surface area contributed by atoms with Gasteiger partial charge in [-0.1, -0.05) is 25.1 Å². The van der Waals surface area contributed by atoms with Crippen molar-refractivity contribution < 1.29 is 0 Å². The van der Waals surface area contributed by atoms with E-state index in [-0.39, 0.29) is 0 Å². The van der Waals surface area contributed by atoms with Crippen molar-refractivity contribution in [1.29, 1.82) is 0 Å². The molecule has 1 aromatic heterocycles. The first-order chi connectivity index (χ1) is 8.36. The molecule has 0 fully saturated rings. The number of hydrogen-bond acceptors (Lipinski definition) is 2.